The van der Waals surface area contributed by atoms with Crippen molar-refractivity contribution in [3.05, 3.63) is 41.0 Å². The van der Waals surface area contributed by atoms with Crippen LogP contribution in [-0.4, -0.2) is 63.9 Å². The fourth-order valence-electron chi connectivity index (χ4n) is 5.61. The van der Waals surface area contributed by atoms with E-state index in [0.29, 0.717) is 5.82 Å². The molecule has 5 rings (SSSR count). The number of carbonyl (C=O) groups is 1. The second-order valence-electron chi connectivity index (χ2n) is 9.22. The highest BCUT2D eigenvalue weighted by Crippen LogP contribution is 2.40. The fraction of sp³-hybridized carbons (Fsp3) is 0.565. The zero-order valence-corrected chi connectivity index (χ0v) is 18.7. The summed E-state index contributed by atoms with van der Waals surface area (Å²) in [6.45, 7) is 5.78. The lowest BCUT2D eigenvalue weighted by atomic mass is 9.85. The maximum Gasteiger partial charge on any atom is 0.344 e. The molecule has 0 aliphatic carbocycles. The summed E-state index contributed by atoms with van der Waals surface area (Å²) < 4.78 is 1.35. The Bertz CT molecular complexity index is 945. The Morgan fingerprint density at radius 3 is 2.52 bits per heavy atom. The number of rotatable bonds is 3. The van der Waals surface area contributed by atoms with Gasteiger partial charge in [-0.2, -0.15) is 4.68 Å². The monoisotopic (exact) mass is 442 g/mol. The van der Waals surface area contributed by atoms with Gasteiger partial charge in [0, 0.05) is 61.2 Å². The van der Waals surface area contributed by atoms with E-state index in [2.05, 4.69) is 33.1 Å². The van der Waals surface area contributed by atoms with Crippen LogP contribution in [0.1, 0.15) is 44.1 Å². The predicted molar refractivity (Wildman–Crippen MR) is 124 cm³/mol. The standard InChI is InChI=1S/C23H31ClN6O/c24-19-14-18(15-20(16-19)27-8-1-2-9-27)17-29-10-3-5-23(29)6-12-28(13-7-23)22(31)30-11-4-21(25)26-30/h4,11,14-16H,1-3,5-10,12-13,17H2,(H2,25,26). The molecule has 4 heterocycles. The van der Waals surface area contributed by atoms with Gasteiger partial charge in [0.05, 0.1) is 0 Å². The number of piperidine rings is 1. The van der Waals surface area contributed by atoms with Crippen molar-refractivity contribution in [2.24, 2.45) is 0 Å². The number of hydrogen-bond donors (Lipinski definition) is 1. The summed E-state index contributed by atoms with van der Waals surface area (Å²) in [7, 11) is 0. The molecule has 0 saturated carbocycles. The van der Waals surface area contributed by atoms with Crippen molar-refractivity contribution < 1.29 is 4.79 Å². The van der Waals surface area contributed by atoms with Crippen LogP contribution in [0.5, 0.6) is 0 Å². The zero-order valence-electron chi connectivity index (χ0n) is 18.0. The van der Waals surface area contributed by atoms with E-state index in [4.69, 9.17) is 17.3 Å². The molecule has 0 radical (unpaired) electrons. The number of nitrogens with zero attached hydrogens (tertiary/aromatic N) is 5. The van der Waals surface area contributed by atoms with Crippen LogP contribution in [-0.2, 0) is 6.54 Å². The number of anilines is 2. The average molecular weight is 443 g/mol. The number of nitrogens with two attached hydrogens (primary N) is 1. The third-order valence-corrected chi connectivity index (χ3v) is 7.52. The molecule has 3 fully saturated rings. The molecule has 3 aliphatic heterocycles. The minimum Gasteiger partial charge on any atom is -0.382 e. The van der Waals surface area contributed by atoms with E-state index in [0.717, 1.165) is 57.1 Å². The lowest BCUT2D eigenvalue weighted by molar-refractivity contribution is 0.0585. The molecule has 1 amide bonds. The van der Waals surface area contributed by atoms with Crippen LogP contribution in [0.15, 0.2) is 30.5 Å². The van der Waals surface area contributed by atoms with Crippen LogP contribution in [0.4, 0.5) is 16.3 Å². The van der Waals surface area contributed by atoms with Crippen LogP contribution in [0, 0.1) is 0 Å². The largest absolute Gasteiger partial charge is 0.382 e. The first kappa shape index (κ1) is 20.6. The SMILES string of the molecule is Nc1ccn(C(=O)N2CCC3(CCCN3Cc3cc(Cl)cc(N4CCCC4)c3)CC2)n1. The molecule has 7 nitrogen and oxygen atoms in total. The Hall–Kier alpha value is -2.25. The molecule has 0 unspecified atom stereocenters. The number of amides is 1. The summed E-state index contributed by atoms with van der Waals surface area (Å²) >= 11 is 6.50. The van der Waals surface area contributed by atoms with Crippen molar-refractivity contribution in [3.8, 4) is 0 Å². The van der Waals surface area contributed by atoms with Crippen LogP contribution in [0.3, 0.4) is 0 Å². The number of benzene rings is 1. The van der Waals surface area contributed by atoms with Gasteiger partial charge in [-0.1, -0.05) is 11.6 Å². The predicted octanol–water partition coefficient (Wildman–Crippen LogP) is 3.82. The maximum atomic E-state index is 12.7. The molecule has 3 saturated heterocycles. The summed E-state index contributed by atoms with van der Waals surface area (Å²) in [6, 6.07) is 8.12. The highest BCUT2D eigenvalue weighted by molar-refractivity contribution is 6.30. The quantitative estimate of drug-likeness (QED) is 0.782. The molecular formula is C23H31ClN6O. The van der Waals surface area contributed by atoms with Gasteiger partial charge in [0.25, 0.3) is 0 Å². The van der Waals surface area contributed by atoms with Gasteiger partial charge in [0.15, 0.2) is 0 Å². The molecule has 0 bridgehead atoms. The van der Waals surface area contributed by atoms with E-state index in [-0.39, 0.29) is 11.6 Å². The molecule has 1 aromatic heterocycles. The number of nitrogen functional groups attached to an aromatic ring is 1. The molecule has 1 aromatic carbocycles. The Labute approximate surface area is 188 Å². The van der Waals surface area contributed by atoms with Crippen molar-refractivity contribution >= 4 is 29.1 Å². The van der Waals surface area contributed by atoms with Crippen molar-refractivity contribution in [1.29, 1.82) is 0 Å². The second-order valence-corrected chi connectivity index (χ2v) is 9.65. The van der Waals surface area contributed by atoms with E-state index in [9.17, 15) is 4.79 Å². The number of carbonyl (C=O) groups excluding carboxylic acids is 1. The van der Waals surface area contributed by atoms with E-state index in [1.807, 2.05) is 4.90 Å². The zero-order chi connectivity index (χ0) is 21.4. The summed E-state index contributed by atoms with van der Waals surface area (Å²) in [6.07, 6.45) is 8.56. The summed E-state index contributed by atoms with van der Waals surface area (Å²) in [4.78, 5) is 19.7. The van der Waals surface area contributed by atoms with E-state index >= 15 is 0 Å². The first-order valence-electron chi connectivity index (χ1n) is 11.4. The first-order valence-corrected chi connectivity index (χ1v) is 11.8. The second kappa shape index (κ2) is 8.36. The van der Waals surface area contributed by atoms with Gasteiger partial charge in [-0.15, -0.1) is 5.10 Å². The molecule has 31 heavy (non-hydrogen) atoms. The minimum atomic E-state index is -0.0822. The van der Waals surface area contributed by atoms with Gasteiger partial charge in [0.1, 0.15) is 5.82 Å². The summed E-state index contributed by atoms with van der Waals surface area (Å²) in [5.41, 5.74) is 8.40. The van der Waals surface area contributed by atoms with Gasteiger partial charge in [0.2, 0.25) is 0 Å². The molecule has 2 N–H and O–H groups in total. The molecule has 8 heteroatoms. The Morgan fingerprint density at radius 2 is 1.81 bits per heavy atom. The Balaban J connectivity index is 1.27. The van der Waals surface area contributed by atoms with Gasteiger partial charge in [-0.25, -0.2) is 4.79 Å². The van der Waals surface area contributed by atoms with Gasteiger partial charge in [-0.3, -0.25) is 4.90 Å². The summed E-state index contributed by atoms with van der Waals surface area (Å²) in [5.74, 6) is 0.374. The van der Waals surface area contributed by atoms with Crippen LogP contribution >= 0.6 is 11.6 Å². The molecule has 166 valence electrons. The highest BCUT2D eigenvalue weighted by atomic mass is 35.5. The third kappa shape index (κ3) is 4.13. The number of aromatic nitrogens is 2. The summed E-state index contributed by atoms with van der Waals surface area (Å²) in [5, 5.41) is 4.90. The Morgan fingerprint density at radius 1 is 1.03 bits per heavy atom. The maximum absolute atomic E-state index is 12.7. The smallest absolute Gasteiger partial charge is 0.344 e. The van der Waals surface area contributed by atoms with Gasteiger partial charge < -0.3 is 15.5 Å². The number of halogens is 1. The first-order chi connectivity index (χ1) is 15.0. The Kier molecular flexibility index (Phi) is 5.56. The number of likely N-dealkylation sites (tertiary alicyclic amines) is 2. The molecular weight excluding hydrogens is 412 g/mol. The lowest BCUT2D eigenvalue weighted by Gasteiger charge is -2.45. The highest BCUT2D eigenvalue weighted by Gasteiger charge is 2.43. The van der Waals surface area contributed by atoms with Crippen molar-refractivity contribution in [2.75, 3.05) is 43.4 Å². The lowest BCUT2D eigenvalue weighted by Crippen LogP contribution is -2.53. The molecule has 1 spiro atoms. The minimum absolute atomic E-state index is 0.0822. The topological polar surface area (TPSA) is 70.6 Å². The average Bonchev–Trinajstić information content (AvgIpc) is 3.51. The van der Waals surface area contributed by atoms with Gasteiger partial charge >= 0.3 is 6.03 Å². The van der Waals surface area contributed by atoms with Crippen LogP contribution in [0.2, 0.25) is 5.02 Å². The molecule has 3 aliphatic rings. The molecule has 2 aromatic rings. The van der Waals surface area contributed by atoms with Gasteiger partial charge in [-0.05, 0) is 68.8 Å². The van der Waals surface area contributed by atoms with Crippen LogP contribution in [0.25, 0.3) is 0 Å². The van der Waals surface area contributed by atoms with Crippen LogP contribution < -0.4 is 10.6 Å². The van der Waals surface area contributed by atoms with Crippen molar-refractivity contribution in [2.45, 2.75) is 50.6 Å². The molecule has 0 atom stereocenters. The fourth-order valence-corrected chi connectivity index (χ4v) is 5.87. The number of hydrogen-bond acceptors (Lipinski definition) is 5. The third-order valence-electron chi connectivity index (χ3n) is 7.30. The van der Waals surface area contributed by atoms with E-state index in [1.54, 1.807) is 12.3 Å². The van der Waals surface area contributed by atoms with Crippen molar-refractivity contribution in [1.82, 2.24) is 19.6 Å². The van der Waals surface area contributed by atoms with E-state index < -0.39 is 0 Å². The van der Waals surface area contributed by atoms with E-state index in [1.165, 1.54) is 41.6 Å². The van der Waals surface area contributed by atoms with Crippen molar-refractivity contribution in [3.63, 3.8) is 0 Å². The normalized spacial score (nSPS) is 21.3.